The van der Waals surface area contributed by atoms with Crippen LogP contribution in [0.3, 0.4) is 0 Å². The van der Waals surface area contributed by atoms with E-state index < -0.39 is 0 Å². The summed E-state index contributed by atoms with van der Waals surface area (Å²) in [5.41, 5.74) is 0.581. The Morgan fingerprint density at radius 1 is 1.61 bits per heavy atom. The van der Waals surface area contributed by atoms with E-state index in [0.717, 1.165) is 31.7 Å². The number of nitrogens with zero attached hydrogens (tertiary/aromatic N) is 2. The van der Waals surface area contributed by atoms with E-state index in [1.165, 1.54) is 0 Å². The number of rotatable bonds is 4. The standard InChI is InChI=1S/C13H19N3O2/c1-2-14-12-6-5-10(8-15-12)13(18)16-7-3-4-11(16)9-17/h5-6,8,11,17H,2-4,7,9H2,1H3,(H,14,15). The number of aliphatic hydroxyl groups excluding tert-OH is 1. The molecule has 5 heteroatoms. The van der Waals surface area contributed by atoms with Gasteiger partial charge >= 0.3 is 0 Å². The average Bonchev–Trinajstić information content (AvgIpc) is 2.87. The molecular formula is C13H19N3O2. The molecule has 1 aromatic heterocycles. The molecule has 0 bridgehead atoms. The van der Waals surface area contributed by atoms with E-state index >= 15 is 0 Å². The number of likely N-dealkylation sites (tertiary alicyclic amines) is 1. The summed E-state index contributed by atoms with van der Waals surface area (Å²) < 4.78 is 0. The van der Waals surface area contributed by atoms with Gasteiger partial charge in [0.1, 0.15) is 5.82 Å². The van der Waals surface area contributed by atoms with Crippen LogP contribution >= 0.6 is 0 Å². The van der Waals surface area contributed by atoms with Crippen molar-refractivity contribution in [3.63, 3.8) is 0 Å². The second kappa shape index (κ2) is 5.82. The highest BCUT2D eigenvalue weighted by molar-refractivity contribution is 5.94. The third-order valence-corrected chi connectivity index (χ3v) is 3.22. The lowest BCUT2D eigenvalue weighted by molar-refractivity contribution is 0.0677. The zero-order valence-corrected chi connectivity index (χ0v) is 10.6. The molecule has 2 N–H and O–H groups in total. The van der Waals surface area contributed by atoms with Crippen LogP contribution in [0.2, 0.25) is 0 Å². The lowest BCUT2D eigenvalue weighted by Gasteiger charge is -2.22. The van der Waals surface area contributed by atoms with E-state index in [9.17, 15) is 9.90 Å². The van der Waals surface area contributed by atoms with Gasteiger partial charge in [0, 0.05) is 19.3 Å². The van der Waals surface area contributed by atoms with Crippen molar-refractivity contribution in [1.29, 1.82) is 0 Å². The van der Waals surface area contributed by atoms with Crippen molar-refractivity contribution < 1.29 is 9.90 Å². The third kappa shape index (κ3) is 2.61. The molecule has 1 aliphatic heterocycles. The maximum atomic E-state index is 12.2. The first kappa shape index (κ1) is 12.8. The monoisotopic (exact) mass is 249 g/mol. The van der Waals surface area contributed by atoms with Gasteiger partial charge in [0.25, 0.3) is 5.91 Å². The summed E-state index contributed by atoms with van der Waals surface area (Å²) in [5, 5.41) is 12.3. The summed E-state index contributed by atoms with van der Waals surface area (Å²) in [5.74, 6) is 0.733. The fraction of sp³-hybridized carbons (Fsp3) is 0.538. The average molecular weight is 249 g/mol. The van der Waals surface area contributed by atoms with Gasteiger partial charge in [0.05, 0.1) is 18.2 Å². The second-order valence-corrected chi connectivity index (χ2v) is 4.44. The number of anilines is 1. The van der Waals surface area contributed by atoms with Gasteiger partial charge in [-0.1, -0.05) is 0 Å². The number of hydrogen-bond donors (Lipinski definition) is 2. The number of amides is 1. The Morgan fingerprint density at radius 3 is 3.06 bits per heavy atom. The van der Waals surface area contributed by atoms with Gasteiger partial charge in [-0.25, -0.2) is 4.98 Å². The highest BCUT2D eigenvalue weighted by Crippen LogP contribution is 2.19. The van der Waals surface area contributed by atoms with Gasteiger partial charge in [-0.15, -0.1) is 0 Å². The van der Waals surface area contributed by atoms with E-state index in [-0.39, 0.29) is 18.6 Å². The molecule has 1 fully saturated rings. The fourth-order valence-electron chi connectivity index (χ4n) is 2.26. The third-order valence-electron chi connectivity index (χ3n) is 3.22. The van der Waals surface area contributed by atoms with Gasteiger partial charge in [-0.2, -0.15) is 0 Å². The van der Waals surface area contributed by atoms with Crippen LogP contribution in [0.4, 0.5) is 5.82 Å². The molecule has 1 aromatic rings. The van der Waals surface area contributed by atoms with E-state index in [2.05, 4.69) is 10.3 Å². The molecule has 1 amide bonds. The Balaban J connectivity index is 2.08. The molecule has 98 valence electrons. The van der Waals surface area contributed by atoms with Gasteiger partial charge in [-0.05, 0) is 31.9 Å². The SMILES string of the molecule is CCNc1ccc(C(=O)N2CCCC2CO)cn1. The highest BCUT2D eigenvalue weighted by Gasteiger charge is 2.28. The molecule has 18 heavy (non-hydrogen) atoms. The first-order valence-electron chi connectivity index (χ1n) is 6.38. The van der Waals surface area contributed by atoms with Crippen molar-refractivity contribution in [2.24, 2.45) is 0 Å². The lowest BCUT2D eigenvalue weighted by Crippen LogP contribution is -2.37. The summed E-state index contributed by atoms with van der Waals surface area (Å²) in [6.45, 7) is 3.56. The van der Waals surface area contributed by atoms with Crippen LogP contribution < -0.4 is 5.32 Å². The Bertz CT molecular complexity index is 405. The summed E-state index contributed by atoms with van der Waals surface area (Å²) in [4.78, 5) is 18.2. The normalized spacial score (nSPS) is 19.0. The second-order valence-electron chi connectivity index (χ2n) is 4.44. The van der Waals surface area contributed by atoms with Crippen molar-refractivity contribution in [3.05, 3.63) is 23.9 Å². The minimum atomic E-state index is -0.0397. The molecule has 0 saturated carbocycles. The van der Waals surface area contributed by atoms with Gasteiger partial charge in [-0.3, -0.25) is 4.79 Å². The van der Waals surface area contributed by atoms with Crippen LogP contribution in [0.15, 0.2) is 18.3 Å². The molecule has 0 radical (unpaired) electrons. The Labute approximate surface area is 107 Å². The summed E-state index contributed by atoms with van der Waals surface area (Å²) in [6.07, 6.45) is 3.43. The lowest BCUT2D eigenvalue weighted by atomic mass is 10.2. The van der Waals surface area contributed by atoms with Crippen LogP contribution in [-0.4, -0.2) is 46.6 Å². The van der Waals surface area contributed by atoms with Gasteiger partial charge in [0.2, 0.25) is 0 Å². The maximum Gasteiger partial charge on any atom is 0.255 e. The first-order chi connectivity index (χ1) is 8.76. The van der Waals surface area contributed by atoms with E-state index in [1.54, 1.807) is 23.2 Å². The van der Waals surface area contributed by atoms with Crippen LogP contribution in [0, 0.1) is 0 Å². The Morgan fingerprint density at radius 2 is 2.44 bits per heavy atom. The number of carbonyl (C=O) groups is 1. The van der Waals surface area contributed by atoms with Crippen molar-refractivity contribution in [3.8, 4) is 0 Å². The fourth-order valence-corrected chi connectivity index (χ4v) is 2.26. The zero-order chi connectivity index (χ0) is 13.0. The van der Waals surface area contributed by atoms with E-state index in [1.807, 2.05) is 6.92 Å². The Hall–Kier alpha value is -1.62. The molecule has 1 unspecified atom stereocenters. The number of aromatic nitrogens is 1. The van der Waals surface area contributed by atoms with Gasteiger partial charge < -0.3 is 15.3 Å². The quantitative estimate of drug-likeness (QED) is 0.839. The predicted octanol–water partition coefficient (Wildman–Crippen LogP) is 1.11. The molecule has 0 spiro atoms. The summed E-state index contributed by atoms with van der Waals surface area (Å²) in [6, 6.07) is 3.55. The first-order valence-corrected chi connectivity index (χ1v) is 6.38. The molecule has 1 saturated heterocycles. The van der Waals surface area contributed by atoms with E-state index in [4.69, 9.17) is 0 Å². The van der Waals surface area contributed by atoms with Crippen LogP contribution in [0.5, 0.6) is 0 Å². The zero-order valence-electron chi connectivity index (χ0n) is 10.6. The van der Waals surface area contributed by atoms with Crippen LogP contribution in [-0.2, 0) is 0 Å². The molecule has 0 aromatic carbocycles. The molecule has 0 aliphatic carbocycles. The summed E-state index contributed by atoms with van der Waals surface area (Å²) >= 11 is 0. The maximum absolute atomic E-state index is 12.2. The number of hydrogen-bond acceptors (Lipinski definition) is 4. The molecular weight excluding hydrogens is 230 g/mol. The smallest absolute Gasteiger partial charge is 0.255 e. The molecule has 5 nitrogen and oxygen atoms in total. The van der Waals surface area contributed by atoms with Crippen molar-refractivity contribution in [2.45, 2.75) is 25.8 Å². The number of carbonyl (C=O) groups excluding carboxylic acids is 1. The predicted molar refractivity (Wildman–Crippen MR) is 69.5 cm³/mol. The van der Waals surface area contributed by atoms with Gasteiger partial charge in [0.15, 0.2) is 0 Å². The molecule has 2 rings (SSSR count). The Kier molecular flexibility index (Phi) is 4.15. The minimum Gasteiger partial charge on any atom is -0.394 e. The largest absolute Gasteiger partial charge is 0.394 e. The summed E-state index contributed by atoms with van der Waals surface area (Å²) in [7, 11) is 0. The molecule has 2 heterocycles. The van der Waals surface area contributed by atoms with Crippen molar-refractivity contribution in [1.82, 2.24) is 9.88 Å². The molecule has 1 aliphatic rings. The topological polar surface area (TPSA) is 65.5 Å². The molecule has 1 atom stereocenters. The number of nitrogens with one attached hydrogen (secondary N) is 1. The van der Waals surface area contributed by atoms with Crippen molar-refractivity contribution in [2.75, 3.05) is 25.0 Å². The van der Waals surface area contributed by atoms with E-state index in [0.29, 0.717) is 5.56 Å². The number of aliphatic hydroxyl groups is 1. The highest BCUT2D eigenvalue weighted by atomic mass is 16.3. The van der Waals surface area contributed by atoms with Crippen LogP contribution in [0.1, 0.15) is 30.1 Å². The number of pyridine rings is 1. The van der Waals surface area contributed by atoms with Crippen LogP contribution in [0.25, 0.3) is 0 Å². The van der Waals surface area contributed by atoms with Crippen molar-refractivity contribution >= 4 is 11.7 Å². The minimum absolute atomic E-state index is 0.0362.